The summed E-state index contributed by atoms with van der Waals surface area (Å²) in [5.74, 6) is -2.88. The number of hydrogen-bond donors (Lipinski definition) is 1. The van der Waals surface area contributed by atoms with Gasteiger partial charge in [0.2, 0.25) is 0 Å². The van der Waals surface area contributed by atoms with Crippen LogP contribution in [0.25, 0.3) is 0 Å². The number of carbonyl (C=O) groups excluding carboxylic acids is 5. The maximum Gasteiger partial charge on any atom is 0.427 e. The Balaban J connectivity index is 3.27. The third-order valence-electron chi connectivity index (χ3n) is 3.68. The summed E-state index contributed by atoms with van der Waals surface area (Å²) in [6.45, 7) is 5.85. The smallest absolute Gasteiger partial charge is 0.427 e. The molecule has 174 valence electrons. The number of carbonyl (C=O) groups is 5. The number of nitrogens with zero attached hydrogens (tertiary/aromatic N) is 1. The Bertz CT molecular complexity index is 709. The fraction of sp³-hybridized carbons (Fsp3) is 0.667. The maximum absolute atomic E-state index is 11.7. The maximum atomic E-state index is 11.7. The quantitative estimate of drug-likeness (QED) is 0.228. The van der Waals surface area contributed by atoms with Crippen LogP contribution in [0.15, 0.2) is 5.10 Å². The Labute approximate surface area is 178 Å². The van der Waals surface area contributed by atoms with Crippen LogP contribution in [0.3, 0.4) is 0 Å². The Morgan fingerprint density at radius 3 is 1.90 bits per heavy atom. The van der Waals surface area contributed by atoms with Crippen molar-refractivity contribution in [3.8, 4) is 0 Å². The summed E-state index contributed by atoms with van der Waals surface area (Å²) in [6.07, 6.45) is -5.94. The van der Waals surface area contributed by atoms with Gasteiger partial charge in [0.25, 0.3) is 0 Å². The zero-order valence-corrected chi connectivity index (χ0v) is 17.8. The molecule has 1 fully saturated rings. The molecule has 0 bridgehead atoms. The van der Waals surface area contributed by atoms with Gasteiger partial charge in [0.15, 0.2) is 18.3 Å². The van der Waals surface area contributed by atoms with Crippen molar-refractivity contribution in [1.82, 2.24) is 5.43 Å². The first kappa shape index (κ1) is 25.8. The molecule has 1 rings (SSSR count). The number of rotatable bonds is 8. The molecule has 1 aliphatic heterocycles. The zero-order chi connectivity index (χ0) is 23.6. The molecule has 0 aliphatic carbocycles. The molecule has 5 atom stereocenters. The largest absolute Gasteiger partial charge is 0.463 e. The van der Waals surface area contributed by atoms with Crippen molar-refractivity contribution >= 4 is 36.2 Å². The van der Waals surface area contributed by atoms with E-state index in [1.807, 2.05) is 0 Å². The Morgan fingerprint density at radius 1 is 0.839 bits per heavy atom. The van der Waals surface area contributed by atoms with Crippen LogP contribution in [-0.4, -0.2) is 79.9 Å². The van der Waals surface area contributed by atoms with Gasteiger partial charge in [-0.1, -0.05) is 0 Å². The standard InChI is InChI=1S/C18H26N2O11/c1-6-26-18(25)20-19-7-13-15(28-10(3)22)17(30-12(5)24)16(29-11(4)23)14(31-13)8-27-9(2)21/h7,13-17H,6,8H2,1-5H3,(H,20,25)/b19-7+/t13-,14+,15-,16-,17+/m0/s1. The number of ether oxygens (including phenoxy) is 6. The average molecular weight is 446 g/mol. The summed E-state index contributed by atoms with van der Waals surface area (Å²) in [4.78, 5) is 57.6. The van der Waals surface area contributed by atoms with Gasteiger partial charge in [-0.2, -0.15) is 5.10 Å². The van der Waals surface area contributed by atoms with E-state index in [2.05, 4.69) is 15.3 Å². The highest BCUT2D eigenvalue weighted by Crippen LogP contribution is 2.28. The number of esters is 4. The van der Waals surface area contributed by atoms with Crippen molar-refractivity contribution in [2.45, 2.75) is 65.1 Å². The van der Waals surface area contributed by atoms with Crippen LogP contribution in [0.1, 0.15) is 34.6 Å². The van der Waals surface area contributed by atoms with E-state index in [9.17, 15) is 24.0 Å². The second kappa shape index (κ2) is 12.5. The molecule has 0 radical (unpaired) electrons. The van der Waals surface area contributed by atoms with Crippen LogP contribution >= 0.6 is 0 Å². The second-order valence-corrected chi connectivity index (χ2v) is 6.27. The van der Waals surface area contributed by atoms with E-state index >= 15 is 0 Å². The summed E-state index contributed by atoms with van der Waals surface area (Å²) in [6, 6.07) is 0. The third kappa shape index (κ3) is 8.99. The van der Waals surface area contributed by atoms with Crippen LogP contribution in [-0.2, 0) is 47.6 Å². The highest BCUT2D eigenvalue weighted by atomic mass is 16.7. The van der Waals surface area contributed by atoms with Crippen LogP contribution in [0.2, 0.25) is 0 Å². The molecule has 1 saturated heterocycles. The molecule has 0 spiro atoms. The summed E-state index contributed by atoms with van der Waals surface area (Å²) >= 11 is 0. The molecule has 0 aromatic carbocycles. The monoisotopic (exact) mass is 446 g/mol. The molecule has 0 aromatic rings. The lowest BCUT2D eigenvalue weighted by molar-refractivity contribution is -0.240. The molecule has 0 saturated carbocycles. The molecule has 0 unspecified atom stereocenters. The van der Waals surface area contributed by atoms with Gasteiger partial charge in [-0.3, -0.25) is 19.2 Å². The summed E-state index contributed by atoms with van der Waals surface area (Å²) in [5, 5.41) is 3.68. The molecule has 1 aliphatic rings. The SMILES string of the molecule is CCOC(=O)N/N=C/[C@@H]1O[C@H](COC(C)=O)[C@H](OC(C)=O)[C@H](OC(C)=O)[C@H]1OC(C)=O. The van der Waals surface area contributed by atoms with Crippen LogP contribution < -0.4 is 5.43 Å². The summed E-state index contributed by atoms with van der Waals surface area (Å²) in [7, 11) is 0. The fourth-order valence-electron chi connectivity index (χ4n) is 2.71. The molecule has 0 aromatic heterocycles. The minimum Gasteiger partial charge on any atom is -0.463 e. The van der Waals surface area contributed by atoms with Gasteiger partial charge in [-0.05, 0) is 6.92 Å². The normalized spacial score (nSPS) is 25.3. The first-order valence-electron chi connectivity index (χ1n) is 9.31. The molecular formula is C18H26N2O11. The van der Waals surface area contributed by atoms with E-state index in [0.29, 0.717) is 0 Å². The van der Waals surface area contributed by atoms with Crippen LogP contribution in [0.5, 0.6) is 0 Å². The number of nitrogens with one attached hydrogen (secondary N) is 1. The first-order valence-corrected chi connectivity index (χ1v) is 9.31. The zero-order valence-electron chi connectivity index (χ0n) is 17.8. The van der Waals surface area contributed by atoms with Crippen LogP contribution in [0, 0.1) is 0 Å². The van der Waals surface area contributed by atoms with Crippen molar-refractivity contribution in [1.29, 1.82) is 0 Å². The van der Waals surface area contributed by atoms with E-state index in [1.54, 1.807) is 6.92 Å². The summed E-state index contributed by atoms with van der Waals surface area (Å²) in [5.41, 5.74) is 2.08. The molecule has 1 heterocycles. The number of hydrogen-bond acceptors (Lipinski definition) is 12. The van der Waals surface area contributed by atoms with Gasteiger partial charge in [-0.15, -0.1) is 0 Å². The van der Waals surface area contributed by atoms with Crippen molar-refractivity contribution in [2.24, 2.45) is 5.10 Å². The van der Waals surface area contributed by atoms with E-state index in [1.165, 1.54) is 0 Å². The Hall–Kier alpha value is -3.22. The van der Waals surface area contributed by atoms with Crippen molar-refractivity contribution in [3.05, 3.63) is 0 Å². The predicted molar refractivity (Wildman–Crippen MR) is 101 cm³/mol. The third-order valence-corrected chi connectivity index (χ3v) is 3.68. The highest BCUT2D eigenvalue weighted by molar-refractivity contribution is 5.73. The van der Waals surface area contributed by atoms with Crippen LogP contribution in [0.4, 0.5) is 4.79 Å². The number of amides is 1. The molecule has 13 heteroatoms. The van der Waals surface area contributed by atoms with Gasteiger partial charge in [-0.25, -0.2) is 10.2 Å². The second-order valence-electron chi connectivity index (χ2n) is 6.27. The minimum atomic E-state index is -1.32. The average Bonchev–Trinajstić information content (AvgIpc) is 2.63. The van der Waals surface area contributed by atoms with E-state index < -0.39 is 60.5 Å². The van der Waals surface area contributed by atoms with E-state index in [0.717, 1.165) is 33.9 Å². The van der Waals surface area contributed by atoms with Crippen molar-refractivity contribution in [3.63, 3.8) is 0 Å². The van der Waals surface area contributed by atoms with Gasteiger partial charge in [0.1, 0.15) is 18.8 Å². The Morgan fingerprint density at radius 2 is 1.39 bits per heavy atom. The lowest BCUT2D eigenvalue weighted by Crippen LogP contribution is -2.62. The first-order chi connectivity index (χ1) is 14.5. The van der Waals surface area contributed by atoms with Gasteiger partial charge in [0, 0.05) is 27.7 Å². The summed E-state index contributed by atoms with van der Waals surface area (Å²) < 4.78 is 31.1. The van der Waals surface area contributed by atoms with Gasteiger partial charge in [0.05, 0.1) is 12.8 Å². The van der Waals surface area contributed by atoms with E-state index in [4.69, 9.17) is 23.7 Å². The highest BCUT2D eigenvalue weighted by Gasteiger charge is 2.51. The molecule has 1 N–H and O–H groups in total. The number of hydrazone groups is 1. The predicted octanol–water partition coefficient (Wildman–Crippen LogP) is -0.156. The lowest BCUT2D eigenvalue weighted by atomic mass is 9.94. The molecule has 31 heavy (non-hydrogen) atoms. The molecule has 13 nitrogen and oxygen atoms in total. The van der Waals surface area contributed by atoms with Crippen molar-refractivity contribution < 1.29 is 52.4 Å². The lowest BCUT2D eigenvalue weighted by Gasteiger charge is -2.43. The fourth-order valence-corrected chi connectivity index (χ4v) is 2.71. The molecule has 1 amide bonds. The van der Waals surface area contributed by atoms with Crippen molar-refractivity contribution in [2.75, 3.05) is 13.2 Å². The van der Waals surface area contributed by atoms with Gasteiger partial charge >= 0.3 is 30.0 Å². The van der Waals surface area contributed by atoms with Gasteiger partial charge < -0.3 is 28.4 Å². The Kier molecular flexibility index (Phi) is 10.4. The topological polar surface area (TPSA) is 165 Å². The molecular weight excluding hydrogens is 420 g/mol. The minimum absolute atomic E-state index is 0.112. The van der Waals surface area contributed by atoms with E-state index in [-0.39, 0.29) is 13.2 Å².